The monoisotopic (exact) mass is 519 g/mol. The number of hydrogen-bond donors (Lipinski definition) is 1. The smallest absolute Gasteiger partial charge is 0.249 e. The van der Waals surface area contributed by atoms with Gasteiger partial charge in [0.2, 0.25) is 11.8 Å². The maximum Gasteiger partial charge on any atom is 0.249 e. The molecule has 1 heterocycles. The van der Waals surface area contributed by atoms with E-state index in [2.05, 4.69) is 15.6 Å². The van der Waals surface area contributed by atoms with Crippen molar-refractivity contribution in [2.45, 2.75) is 38.9 Å². The second-order valence-corrected chi connectivity index (χ2v) is 9.70. The first-order valence-corrected chi connectivity index (χ1v) is 12.0. The van der Waals surface area contributed by atoms with Crippen molar-refractivity contribution in [1.82, 2.24) is 20.3 Å². The third-order valence-electron chi connectivity index (χ3n) is 5.79. The Bertz CT molecular complexity index is 1460. The first-order chi connectivity index (χ1) is 18.1. The van der Waals surface area contributed by atoms with E-state index in [0.29, 0.717) is 22.3 Å². The van der Waals surface area contributed by atoms with Crippen molar-refractivity contribution < 1.29 is 23.5 Å². The zero-order chi connectivity index (χ0) is 27.4. The van der Waals surface area contributed by atoms with Gasteiger partial charge in [0.05, 0.1) is 19.7 Å². The third kappa shape index (κ3) is 5.59. The molecule has 198 valence electrons. The predicted octanol–water partition coefficient (Wildman–Crippen LogP) is 4.28. The number of carbonyl (C=O) groups is 2. The lowest BCUT2D eigenvalue weighted by atomic mass is 9.99. The Morgan fingerprint density at radius 3 is 2.45 bits per heavy atom. The molecule has 3 aromatic carbocycles. The van der Waals surface area contributed by atoms with Crippen molar-refractivity contribution in [3.8, 4) is 11.5 Å². The van der Waals surface area contributed by atoms with Gasteiger partial charge in [-0.05, 0) is 57.2 Å². The summed E-state index contributed by atoms with van der Waals surface area (Å²) in [5.74, 6) is -0.883. The molecule has 0 bridgehead atoms. The van der Waals surface area contributed by atoms with Crippen molar-refractivity contribution in [2.24, 2.45) is 0 Å². The van der Waals surface area contributed by atoms with Gasteiger partial charge in [0, 0.05) is 16.8 Å². The summed E-state index contributed by atoms with van der Waals surface area (Å²) in [5.41, 5.74) is 1.21. The zero-order valence-electron chi connectivity index (χ0n) is 21.9. The first-order valence-electron chi connectivity index (χ1n) is 12.0. The first kappa shape index (κ1) is 26.6. The fourth-order valence-corrected chi connectivity index (χ4v) is 4.26. The lowest BCUT2D eigenvalue weighted by molar-refractivity contribution is -0.128. The fraction of sp³-hybridized carbons (Fsp3) is 0.286. The van der Waals surface area contributed by atoms with Crippen LogP contribution < -0.4 is 19.7 Å². The molecular formula is C28H30FN5O4. The highest BCUT2D eigenvalue weighted by Gasteiger charge is 2.37. The van der Waals surface area contributed by atoms with Gasteiger partial charge >= 0.3 is 0 Å². The van der Waals surface area contributed by atoms with E-state index >= 15 is 0 Å². The van der Waals surface area contributed by atoms with E-state index < -0.39 is 29.2 Å². The van der Waals surface area contributed by atoms with Gasteiger partial charge < -0.3 is 14.8 Å². The second kappa shape index (κ2) is 10.9. The van der Waals surface area contributed by atoms with E-state index in [0.717, 1.165) is 0 Å². The number of benzene rings is 3. The summed E-state index contributed by atoms with van der Waals surface area (Å²) in [7, 11) is 2.94. The molecule has 0 fully saturated rings. The molecule has 4 rings (SSSR count). The van der Waals surface area contributed by atoms with Gasteiger partial charge in [-0.25, -0.2) is 9.07 Å². The lowest BCUT2D eigenvalue weighted by Crippen LogP contribution is -2.50. The molecule has 1 N–H and O–H groups in total. The molecule has 4 aromatic rings. The van der Waals surface area contributed by atoms with E-state index in [1.807, 2.05) is 32.9 Å². The van der Waals surface area contributed by atoms with Crippen LogP contribution in [-0.2, 0) is 16.1 Å². The Balaban J connectivity index is 1.90. The molecule has 10 heteroatoms. The van der Waals surface area contributed by atoms with Gasteiger partial charge in [0.25, 0.3) is 0 Å². The van der Waals surface area contributed by atoms with Crippen molar-refractivity contribution in [1.29, 1.82) is 0 Å². The van der Waals surface area contributed by atoms with Crippen LogP contribution in [0.5, 0.6) is 11.5 Å². The molecule has 0 saturated carbocycles. The second-order valence-electron chi connectivity index (χ2n) is 9.70. The topological polar surface area (TPSA) is 98.6 Å². The largest absolute Gasteiger partial charge is 0.493 e. The van der Waals surface area contributed by atoms with Crippen LogP contribution in [0, 0.1) is 5.82 Å². The molecule has 1 atom stereocenters. The number of nitrogens with one attached hydrogen (secondary N) is 1. The molecule has 0 aliphatic carbocycles. The molecule has 0 spiro atoms. The van der Waals surface area contributed by atoms with Gasteiger partial charge in [0.1, 0.15) is 23.9 Å². The third-order valence-corrected chi connectivity index (χ3v) is 5.79. The summed E-state index contributed by atoms with van der Waals surface area (Å²) in [6, 6.07) is 16.6. The van der Waals surface area contributed by atoms with Crippen molar-refractivity contribution in [3.63, 3.8) is 0 Å². The molecule has 9 nitrogen and oxygen atoms in total. The standard InChI is InChI=1S/C28H30FN5O4/c1-28(2,3)30-27(36)25(20-12-9-15-23(37-4)26(20)38-5)34(19-11-8-10-18(29)16-19)24(35)17-33-22-14-7-6-13-21(22)31-32-33/h6-16,25H,17H2,1-5H3,(H,30,36)/t25-/m1/s1. The van der Waals surface area contributed by atoms with Crippen LogP contribution in [0.2, 0.25) is 0 Å². The highest BCUT2D eigenvalue weighted by molar-refractivity contribution is 6.02. The van der Waals surface area contributed by atoms with Crippen LogP contribution in [-0.4, -0.2) is 46.6 Å². The number of amides is 2. The van der Waals surface area contributed by atoms with Crippen LogP contribution in [0.4, 0.5) is 10.1 Å². The lowest BCUT2D eigenvalue weighted by Gasteiger charge is -2.34. The Hall–Kier alpha value is -4.47. The minimum Gasteiger partial charge on any atom is -0.493 e. The SMILES string of the molecule is COc1cccc([C@H](C(=O)NC(C)(C)C)N(C(=O)Cn2nnc3ccccc32)c2cccc(F)c2)c1OC. The highest BCUT2D eigenvalue weighted by atomic mass is 19.1. The van der Waals surface area contributed by atoms with Crippen LogP contribution in [0.25, 0.3) is 11.0 Å². The number of ether oxygens (including phenoxy) is 2. The summed E-state index contributed by atoms with van der Waals surface area (Å²) in [4.78, 5) is 29.2. The number of halogens is 1. The van der Waals surface area contributed by atoms with Gasteiger partial charge in [0.15, 0.2) is 11.5 Å². The molecule has 0 unspecified atom stereocenters. The van der Waals surface area contributed by atoms with Crippen LogP contribution in [0.1, 0.15) is 32.4 Å². The molecule has 0 saturated heterocycles. The summed E-state index contributed by atoms with van der Waals surface area (Å²) < 4.78 is 27.0. The minimum absolute atomic E-state index is 0.193. The molecule has 38 heavy (non-hydrogen) atoms. The summed E-state index contributed by atoms with van der Waals surface area (Å²) in [6.07, 6.45) is 0. The van der Waals surface area contributed by atoms with Gasteiger partial charge in [-0.1, -0.05) is 35.5 Å². The van der Waals surface area contributed by atoms with E-state index in [1.54, 1.807) is 36.4 Å². The summed E-state index contributed by atoms with van der Waals surface area (Å²) in [6.45, 7) is 5.25. The van der Waals surface area contributed by atoms with Gasteiger partial charge in [-0.3, -0.25) is 14.5 Å². The predicted molar refractivity (Wildman–Crippen MR) is 142 cm³/mol. The Morgan fingerprint density at radius 1 is 1.03 bits per heavy atom. The molecule has 0 radical (unpaired) electrons. The number of hydrogen-bond acceptors (Lipinski definition) is 6. The maximum absolute atomic E-state index is 14.5. The number of carbonyl (C=O) groups excluding carboxylic acids is 2. The number of rotatable bonds is 8. The highest BCUT2D eigenvalue weighted by Crippen LogP contribution is 2.39. The number of anilines is 1. The minimum atomic E-state index is -1.23. The Kier molecular flexibility index (Phi) is 7.61. The van der Waals surface area contributed by atoms with Crippen LogP contribution >= 0.6 is 0 Å². The Labute approximate surface area is 220 Å². The average Bonchev–Trinajstić information content (AvgIpc) is 3.28. The number of nitrogens with zero attached hydrogens (tertiary/aromatic N) is 4. The Morgan fingerprint density at radius 2 is 1.76 bits per heavy atom. The average molecular weight is 520 g/mol. The van der Waals surface area contributed by atoms with E-state index in [9.17, 15) is 14.0 Å². The van der Waals surface area contributed by atoms with Crippen molar-refractivity contribution >= 4 is 28.5 Å². The summed E-state index contributed by atoms with van der Waals surface area (Å²) in [5, 5.41) is 11.2. The number of aromatic nitrogens is 3. The normalized spacial score (nSPS) is 12.2. The molecule has 0 aliphatic heterocycles. The fourth-order valence-electron chi connectivity index (χ4n) is 4.26. The zero-order valence-corrected chi connectivity index (χ0v) is 21.9. The number of fused-ring (bicyclic) bond motifs is 1. The molecule has 0 aliphatic rings. The molecular weight excluding hydrogens is 489 g/mol. The number of para-hydroxylation sites is 2. The van der Waals surface area contributed by atoms with Crippen molar-refractivity contribution in [3.05, 3.63) is 78.1 Å². The van der Waals surface area contributed by atoms with Gasteiger partial charge in [-0.2, -0.15) is 0 Å². The van der Waals surface area contributed by atoms with E-state index in [4.69, 9.17) is 9.47 Å². The summed E-state index contributed by atoms with van der Waals surface area (Å²) >= 11 is 0. The van der Waals surface area contributed by atoms with Crippen LogP contribution in [0.3, 0.4) is 0 Å². The van der Waals surface area contributed by atoms with E-state index in [1.165, 1.54) is 42.0 Å². The maximum atomic E-state index is 14.5. The van der Waals surface area contributed by atoms with Gasteiger partial charge in [-0.15, -0.1) is 5.10 Å². The quantitative estimate of drug-likeness (QED) is 0.373. The molecule has 2 amide bonds. The van der Waals surface area contributed by atoms with Crippen molar-refractivity contribution in [2.75, 3.05) is 19.1 Å². The molecule has 1 aromatic heterocycles. The number of methoxy groups -OCH3 is 2. The van der Waals surface area contributed by atoms with Crippen LogP contribution in [0.15, 0.2) is 66.7 Å². The van der Waals surface area contributed by atoms with E-state index in [-0.39, 0.29) is 18.0 Å².